The van der Waals surface area contributed by atoms with Crippen molar-refractivity contribution in [3.63, 3.8) is 0 Å². The van der Waals surface area contributed by atoms with Crippen LogP contribution in [0.2, 0.25) is 0 Å². The molecule has 2 heteroatoms. The molecule has 0 spiro atoms. The summed E-state index contributed by atoms with van der Waals surface area (Å²) in [6.07, 6.45) is 4.99. The molecule has 1 fully saturated rings. The Morgan fingerprint density at radius 3 is 3.15 bits per heavy atom. The van der Waals surface area contributed by atoms with Gasteiger partial charge >= 0.3 is 0 Å². The average Bonchev–Trinajstić information content (AvgIpc) is 2.82. The van der Waals surface area contributed by atoms with Crippen molar-refractivity contribution in [2.24, 2.45) is 0 Å². The van der Waals surface area contributed by atoms with Gasteiger partial charge in [0.1, 0.15) is 0 Å². The van der Waals surface area contributed by atoms with E-state index in [4.69, 9.17) is 0 Å². The maximum Gasteiger partial charge on any atom is 0.0167 e. The molecule has 0 bridgehead atoms. The van der Waals surface area contributed by atoms with E-state index in [2.05, 4.69) is 35.1 Å². The van der Waals surface area contributed by atoms with E-state index in [1.807, 2.05) is 0 Å². The summed E-state index contributed by atoms with van der Waals surface area (Å²) < 4.78 is 0. The molecule has 1 nitrogen and oxygen atoms in total. The normalized spacial score (nSPS) is 17.8. The summed E-state index contributed by atoms with van der Waals surface area (Å²) in [6, 6.07) is 2.97. The van der Waals surface area contributed by atoms with Gasteiger partial charge in [-0.2, -0.15) is 11.3 Å². The van der Waals surface area contributed by atoms with Gasteiger partial charge in [-0.3, -0.25) is 0 Å². The Labute approximate surface area is 83.5 Å². The maximum atomic E-state index is 3.50. The molecule has 0 radical (unpaired) electrons. The number of hydrogen-bond donors (Lipinski definition) is 1. The first-order valence-corrected chi connectivity index (χ1v) is 5.71. The Morgan fingerprint density at radius 1 is 1.69 bits per heavy atom. The lowest BCUT2D eigenvalue weighted by molar-refractivity contribution is 0.736. The van der Waals surface area contributed by atoms with Crippen LogP contribution >= 0.6 is 11.3 Å². The Hall–Kier alpha value is -0.600. The van der Waals surface area contributed by atoms with Gasteiger partial charge in [0.05, 0.1) is 0 Å². The molecule has 0 aliphatic heterocycles. The van der Waals surface area contributed by atoms with Gasteiger partial charge in [-0.05, 0) is 42.2 Å². The molecule has 0 amide bonds. The average molecular weight is 193 g/mol. The predicted octanol–water partition coefficient (Wildman–Crippen LogP) is 2.90. The van der Waals surface area contributed by atoms with E-state index in [9.17, 15) is 0 Å². The van der Waals surface area contributed by atoms with E-state index < -0.39 is 0 Å². The molecule has 1 heterocycles. The van der Waals surface area contributed by atoms with E-state index in [-0.39, 0.29) is 0 Å². The molecule has 0 aromatic carbocycles. The number of rotatable bonds is 4. The highest BCUT2D eigenvalue weighted by Crippen LogP contribution is 2.19. The fourth-order valence-electron chi connectivity index (χ4n) is 1.29. The Balaban J connectivity index is 1.84. The van der Waals surface area contributed by atoms with Crippen LogP contribution in [0.15, 0.2) is 22.4 Å². The molecule has 1 aromatic rings. The second-order valence-electron chi connectivity index (χ2n) is 3.70. The quantitative estimate of drug-likeness (QED) is 0.775. The molecule has 1 aliphatic carbocycles. The smallest absolute Gasteiger partial charge is 0.0167 e. The molecule has 0 atom stereocenters. The summed E-state index contributed by atoms with van der Waals surface area (Å²) in [4.78, 5) is 0. The monoisotopic (exact) mass is 193 g/mol. The highest BCUT2D eigenvalue weighted by atomic mass is 32.1. The topological polar surface area (TPSA) is 12.0 Å². The largest absolute Gasteiger partial charge is 0.310 e. The van der Waals surface area contributed by atoms with Gasteiger partial charge in [0.25, 0.3) is 0 Å². The molecule has 1 aromatic heterocycles. The minimum absolute atomic E-state index is 0.811. The molecule has 0 unspecified atom stereocenters. The van der Waals surface area contributed by atoms with Gasteiger partial charge in [-0.15, -0.1) is 0 Å². The second-order valence-corrected chi connectivity index (χ2v) is 4.48. The highest BCUT2D eigenvalue weighted by Gasteiger charge is 2.19. The van der Waals surface area contributed by atoms with Crippen LogP contribution in [0, 0.1) is 0 Å². The number of hydrogen-bond acceptors (Lipinski definition) is 2. The molecule has 2 rings (SSSR count). The third-order valence-corrected chi connectivity index (χ3v) is 2.90. The van der Waals surface area contributed by atoms with Crippen molar-refractivity contribution in [2.75, 3.05) is 6.54 Å². The molecule has 1 N–H and O–H groups in total. The fourth-order valence-corrected chi connectivity index (χ4v) is 1.90. The van der Waals surface area contributed by atoms with Crippen LogP contribution in [0.5, 0.6) is 0 Å². The van der Waals surface area contributed by atoms with Gasteiger partial charge < -0.3 is 5.32 Å². The lowest BCUT2D eigenvalue weighted by Crippen LogP contribution is -2.18. The maximum absolute atomic E-state index is 3.50. The zero-order chi connectivity index (χ0) is 9.10. The minimum atomic E-state index is 0.811. The second kappa shape index (κ2) is 4.07. The molecule has 70 valence electrons. The summed E-state index contributed by atoms with van der Waals surface area (Å²) >= 11 is 1.75. The summed E-state index contributed by atoms with van der Waals surface area (Å²) in [6.45, 7) is 3.23. The molecule has 0 saturated heterocycles. The van der Waals surface area contributed by atoms with Crippen molar-refractivity contribution >= 4 is 17.4 Å². The number of nitrogens with one attached hydrogen (secondary N) is 1. The highest BCUT2D eigenvalue weighted by molar-refractivity contribution is 7.08. The van der Waals surface area contributed by atoms with E-state index in [1.165, 1.54) is 24.0 Å². The molecular weight excluding hydrogens is 178 g/mol. The van der Waals surface area contributed by atoms with Crippen LogP contribution in [0.3, 0.4) is 0 Å². The van der Waals surface area contributed by atoms with Crippen molar-refractivity contribution in [3.05, 3.63) is 28.0 Å². The van der Waals surface area contributed by atoms with Gasteiger partial charge in [0.15, 0.2) is 0 Å². The summed E-state index contributed by atoms with van der Waals surface area (Å²) in [5.74, 6) is 0. The van der Waals surface area contributed by atoms with Crippen LogP contribution in [-0.4, -0.2) is 12.6 Å². The summed E-state index contributed by atoms with van der Waals surface area (Å²) in [5.41, 5.74) is 2.75. The summed E-state index contributed by atoms with van der Waals surface area (Å²) in [7, 11) is 0. The molecular formula is C11H15NS. The first kappa shape index (κ1) is 8.97. The van der Waals surface area contributed by atoms with Crippen LogP contribution in [0.4, 0.5) is 0 Å². The van der Waals surface area contributed by atoms with E-state index in [1.54, 1.807) is 11.3 Å². The van der Waals surface area contributed by atoms with Crippen molar-refractivity contribution in [2.45, 2.75) is 25.8 Å². The Bertz CT molecular complexity index is 283. The van der Waals surface area contributed by atoms with Gasteiger partial charge in [0, 0.05) is 12.6 Å². The molecule has 13 heavy (non-hydrogen) atoms. The minimum Gasteiger partial charge on any atom is -0.310 e. The lowest BCUT2D eigenvalue weighted by atomic mass is 10.2. The van der Waals surface area contributed by atoms with Gasteiger partial charge in [0.2, 0.25) is 0 Å². The Kier molecular flexibility index (Phi) is 2.81. The van der Waals surface area contributed by atoms with E-state index in [0.717, 1.165) is 12.6 Å². The zero-order valence-corrected chi connectivity index (χ0v) is 8.73. The van der Waals surface area contributed by atoms with Crippen molar-refractivity contribution in [1.82, 2.24) is 5.32 Å². The number of thiophene rings is 1. The SMILES string of the molecule is CC(=Cc1ccsc1)CNC1CC1. The molecule has 1 aliphatic rings. The summed E-state index contributed by atoms with van der Waals surface area (Å²) in [5, 5.41) is 7.80. The fraction of sp³-hybridized carbons (Fsp3) is 0.455. The molecule has 1 saturated carbocycles. The predicted molar refractivity (Wildman–Crippen MR) is 59.0 cm³/mol. The van der Waals surface area contributed by atoms with Crippen molar-refractivity contribution < 1.29 is 0 Å². The zero-order valence-electron chi connectivity index (χ0n) is 7.92. The van der Waals surface area contributed by atoms with Crippen LogP contribution in [0.25, 0.3) is 6.08 Å². The van der Waals surface area contributed by atoms with Crippen LogP contribution in [-0.2, 0) is 0 Å². The van der Waals surface area contributed by atoms with Crippen molar-refractivity contribution in [3.8, 4) is 0 Å². The van der Waals surface area contributed by atoms with Crippen LogP contribution in [0.1, 0.15) is 25.3 Å². The standard InChI is InChI=1S/C11H15NS/c1-9(7-12-11-2-3-11)6-10-4-5-13-8-10/h4-6,8,11-12H,2-3,7H2,1H3. The van der Waals surface area contributed by atoms with E-state index >= 15 is 0 Å². The lowest BCUT2D eigenvalue weighted by Gasteiger charge is -2.01. The third-order valence-electron chi connectivity index (χ3n) is 2.20. The van der Waals surface area contributed by atoms with Gasteiger partial charge in [-0.25, -0.2) is 0 Å². The Morgan fingerprint density at radius 2 is 2.54 bits per heavy atom. The van der Waals surface area contributed by atoms with Crippen LogP contribution < -0.4 is 5.32 Å². The van der Waals surface area contributed by atoms with Gasteiger partial charge in [-0.1, -0.05) is 11.6 Å². The first-order chi connectivity index (χ1) is 6.34. The van der Waals surface area contributed by atoms with Crippen molar-refractivity contribution in [1.29, 1.82) is 0 Å². The van der Waals surface area contributed by atoms with E-state index in [0.29, 0.717) is 0 Å². The third kappa shape index (κ3) is 2.98. The first-order valence-electron chi connectivity index (χ1n) is 4.77.